The van der Waals surface area contributed by atoms with Crippen LogP contribution in [0, 0.1) is 0 Å². The first-order valence-electron chi connectivity index (χ1n) is 24.8. The Morgan fingerprint density at radius 2 is 1.28 bits per heavy atom. The minimum atomic E-state index is -1.72. The van der Waals surface area contributed by atoms with E-state index in [1.54, 1.807) is 54.7 Å². The Labute approximate surface area is 437 Å². The molecule has 1 aromatic heterocycles. The van der Waals surface area contributed by atoms with E-state index in [-0.39, 0.29) is 89.3 Å². The number of guanidine groups is 2. The molecule has 27 heteroatoms. The second-order valence-electron chi connectivity index (χ2n) is 18.2. The average Bonchev–Trinajstić information content (AvgIpc) is 3.77. The highest BCUT2D eigenvalue weighted by Gasteiger charge is 2.35. The van der Waals surface area contributed by atoms with E-state index in [1.165, 1.54) is 0 Å². The molecule has 0 saturated carbocycles. The van der Waals surface area contributed by atoms with E-state index >= 15 is 0 Å². The number of fused-ring (bicyclic) bond motifs is 1. The molecule has 1 aliphatic heterocycles. The molecule has 2 aromatic carbocycles. The largest absolute Gasteiger partial charge is 0.480 e. The lowest BCUT2D eigenvalue weighted by Crippen LogP contribution is -2.60. The second-order valence-corrected chi connectivity index (χ2v) is 18.2. The topological polar surface area (TPSA) is 458 Å². The molecule has 27 nitrogen and oxygen atoms in total. The number of amides is 9. The Morgan fingerprint density at radius 3 is 1.92 bits per heavy atom. The summed E-state index contributed by atoms with van der Waals surface area (Å²) in [6.07, 6.45) is 0.0956. The van der Waals surface area contributed by atoms with Gasteiger partial charge >= 0.3 is 5.97 Å². The van der Waals surface area contributed by atoms with E-state index in [0.29, 0.717) is 11.1 Å². The number of nitrogens with one attached hydrogen (secondary N) is 9. The smallest absolute Gasteiger partial charge is 0.326 e. The van der Waals surface area contributed by atoms with Crippen molar-refractivity contribution in [3.63, 3.8) is 0 Å². The summed E-state index contributed by atoms with van der Waals surface area (Å²) >= 11 is 0. The van der Waals surface area contributed by atoms with Gasteiger partial charge in [-0.2, -0.15) is 0 Å². The van der Waals surface area contributed by atoms with Gasteiger partial charge in [0.05, 0.1) is 6.42 Å². The number of nitrogens with zero attached hydrogens (tertiary/aromatic N) is 2. The molecule has 0 spiro atoms. The fourth-order valence-corrected chi connectivity index (χ4v) is 8.19. The van der Waals surface area contributed by atoms with Crippen molar-refractivity contribution in [2.24, 2.45) is 38.7 Å². The lowest BCUT2D eigenvalue weighted by molar-refractivity contribution is -0.142. The van der Waals surface area contributed by atoms with Crippen molar-refractivity contribution >= 4 is 82.0 Å². The van der Waals surface area contributed by atoms with E-state index in [4.69, 9.17) is 28.7 Å². The van der Waals surface area contributed by atoms with Gasteiger partial charge in [-0.05, 0) is 68.6 Å². The fourth-order valence-electron chi connectivity index (χ4n) is 8.19. The highest BCUT2D eigenvalue weighted by Crippen LogP contribution is 2.20. The van der Waals surface area contributed by atoms with Gasteiger partial charge in [0.1, 0.15) is 42.3 Å². The number of nitrogens with two attached hydrogens (primary N) is 5. The highest BCUT2D eigenvalue weighted by molar-refractivity contribution is 5.99. The van der Waals surface area contributed by atoms with Crippen LogP contribution in [0.5, 0.6) is 0 Å². The third kappa shape index (κ3) is 20.6. The molecule has 76 heavy (non-hydrogen) atoms. The molecule has 20 N–H and O–H groups in total. The van der Waals surface area contributed by atoms with Gasteiger partial charge in [-0.1, -0.05) is 48.5 Å². The summed E-state index contributed by atoms with van der Waals surface area (Å²) < 4.78 is 0. The van der Waals surface area contributed by atoms with Crippen LogP contribution in [0.15, 0.2) is 70.8 Å². The fraction of sp³-hybridized carbons (Fsp3) is 0.469. The Hall–Kier alpha value is -8.78. The standard InChI is InChI=1S/C49H70N16O11/c1-27(66)59-32(16-9-21-56-48(51)52)41(69)65-38-25-40(68)55-20-8-7-15-35(47(75)76)62-45(73)37(24-29-26-58-31-14-6-5-13-30(29)31)64-42(70)33(17-10-22-57-49(53)54)60-44(72)36(23-28-11-3-2-4-12-28)63-43(71)34(61-46(38)74)18-19-39(50)67/h2-6,11-14,26,32-38,58H,7-10,15-25H2,1H3,(H2,50,67)(H,55,68)(H,59,66)(H,60,72)(H,61,74)(H,62,73)(H,63,71)(H,64,70)(H,65,69)(H,75,76)(H4,51,52,56)(H4,53,54,57). The Morgan fingerprint density at radius 1 is 0.697 bits per heavy atom. The summed E-state index contributed by atoms with van der Waals surface area (Å²) in [5.41, 5.74) is 29.3. The van der Waals surface area contributed by atoms with Gasteiger partial charge in [0.2, 0.25) is 53.2 Å². The zero-order valence-electron chi connectivity index (χ0n) is 42.2. The van der Waals surface area contributed by atoms with Gasteiger partial charge in [-0.3, -0.25) is 53.1 Å². The quantitative estimate of drug-likeness (QED) is 0.0315. The zero-order valence-corrected chi connectivity index (χ0v) is 42.2. The number of hydrogen-bond acceptors (Lipinski definition) is 12. The number of hydrogen-bond donors (Lipinski definition) is 15. The molecule has 3 aromatic rings. The summed E-state index contributed by atoms with van der Waals surface area (Å²) in [5.74, 6) is -9.69. The van der Waals surface area contributed by atoms with Crippen LogP contribution in [0.4, 0.5) is 0 Å². The van der Waals surface area contributed by atoms with E-state index in [0.717, 1.165) is 17.8 Å². The van der Waals surface area contributed by atoms with E-state index in [2.05, 4.69) is 57.5 Å². The van der Waals surface area contributed by atoms with Gasteiger partial charge in [0.25, 0.3) is 0 Å². The van der Waals surface area contributed by atoms with Crippen LogP contribution < -0.4 is 71.2 Å². The van der Waals surface area contributed by atoms with Crippen LogP contribution in [0.1, 0.15) is 82.3 Å². The highest BCUT2D eigenvalue weighted by atomic mass is 16.4. The summed E-state index contributed by atoms with van der Waals surface area (Å²) in [4.78, 5) is 147. The Balaban J connectivity index is 1.79. The Kier molecular flexibility index (Phi) is 23.9. The monoisotopic (exact) mass is 1060 g/mol. The number of H-pyrrole nitrogens is 1. The van der Waals surface area contributed by atoms with E-state index < -0.39 is 121 Å². The molecule has 9 amide bonds. The number of carboxylic acids is 1. The number of aromatic nitrogens is 1. The molecule has 4 rings (SSSR count). The predicted octanol–water partition coefficient (Wildman–Crippen LogP) is -3.49. The first-order valence-corrected chi connectivity index (χ1v) is 24.8. The molecule has 1 saturated heterocycles. The van der Waals surface area contributed by atoms with Crippen LogP contribution in [0.2, 0.25) is 0 Å². The summed E-state index contributed by atoms with van der Waals surface area (Å²) in [7, 11) is 0. The molecule has 412 valence electrons. The number of carboxylic acid groups (broad SMARTS) is 1. The van der Waals surface area contributed by atoms with Crippen molar-refractivity contribution < 1.29 is 53.1 Å². The molecule has 7 atom stereocenters. The van der Waals surface area contributed by atoms with Gasteiger partial charge in [0.15, 0.2) is 11.9 Å². The van der Waals surface area contributed by atoms with Crippen molar-refractivity contribution in [1.82, 2.24) is 47.5 Å². The van der Waals surface area contributed by atoms with Crippen molar-refractivity contribution in [2.75, 3.05) is 19.6 Å². The van der Waals surface area contributed by atoms with Crippen LogP contribution in [0.3, 0.4) is 0 Å². The van der Waals surface area contributed by atoms with Crippen molar-refractivity contribution in [1.29, 1.82) is 0 Å². The van der Waals surface area contributed by atoms with Crippen LogP contribution in [-0.4, -0.2) is 143 Å². The number of rotatable bonds is 19. The lowest BCUT2D eigenvalue weighted by Gasteiger charge is -2.28. The van der Waals surface area contributed by atoms with Gasteiger partial charge in [-0.15, -0.1) is 0 Å². The maximum Gasteiger partial charge on any atom is 0.326 e. The average molecular weight is 1060 g/mol. The molecule has 1 fully saturated rings. The molecule has 0 aliphatic carbocycles. The third-order valence-electron chi connectivity index (χ3n) is 12.1. The van der Waals surface area contributed by atoms with E-state index in [9.17, 15) is 53.1 Å². The zero-order chi connectivity index (χ0) is 55.7. The number of aromatic amines is 1. The number of carbonyl (C=O) groups is 10. The molecule has 7 unspecified atom stereocenters. The second kappa shape index (κ2) is 30.4. The van der Waals surface area contributed by atoms with E-state index in [1.807, 2.05) is 6.07 Å². The summed E-state index contributed by atoms with van der Waals surface area (Å²) in [6.45, 7) is 1.20. The van der Waals surface area contributed by atoms with Crippen LogP contribution in [0.25, 0.3) is 10.9 Å². The molecule has 0 bridgehead atoms. The lowest BCUT2D eigenvalue weighted by atomic mass is 10.0. The van der Waals surface area contributed by atoms with Gasteiger partial charge in [-0.25, -0.2) is 4.79 Å². The first kappa shape index (κ1) is 59.8. The summed E-state index contributed by atoms with van der Waals surface area (Å²) in [5, 5.41) is 31.6. The maximum atomic E-state index is 14.6. The number of benzene rings is 2. The number of para-hydroxylation sites is 1. The molecular formula is C49H70N16O11. The summed E-state index contributed by atoms with van der Waals surface area (Å²) in [6, 6.07) is 5.19. The van der Waals surface area contributed by atoms with Gasteiger partial charge < -0.3 is 81.3 Å². The van der Waals surface area contributed by atoms with Gasteiger partial charge in [0, 0.05) is 62.9 Å². The number of primary amides is 1. The molecular weight excluding hydrogens is 989 g/mol. The van der Waals surface area contributed by atoms with Crippen molar-refractivity contribution in [2.45, 2.75) is 126 Å². The normalized spacial score (nSPS) is 20.9. The third-order valence-corrected chi connectivity index (χ3v) is 12.1. The predicted molar refractivity (Wildman–Crippen MR) is 279 cm³/mol. The molecule has 1 aliphatic rings. The number of aliphatic carboxylic acids is 1. The minimum Gasteiger partial charge on any atom is -0.480 e. The molecule has 2 heterocycles. The minimum absolute atomic E-state index is 0.0153. The van der Waals surface area contributed by atoms with Crippen LogP contribution >= 0.6 is 0 Å². The Bertz CT molecular complexity index is 2580. The van der Waals surface area contributed by atoms with Crippen LogP contribution in [-0.2, 0) is 60.8 Å². The van der Waals surface area contributed by atoms with Crippen molar-refractivity contribution in [3.8, 4) is 0 Å². The number of carbonyl (C=O) groups excluding carboxylic acids is 9. The first-order chi connectivity index (χ1) is 36.2. The number of aliphatic imine (C=N–C) groups is 2. The molecule has 0 radical (unpaired) electrons. The SMILES string of the molecule is CC(=O)NC(CCCN=C(N)N)C(=O)NC1CC(=O)NCCCCC(C(=O)O)NC(=O)C(Cc2c[nH]c3ccccc23)NC(=O)C(CCCN=C(N)N)NC(=O)C(Cc2ccccc2)NC(=O)C(CCC(N)=O)NC1=O. The maximum absolute atomic E-state index is 14.6. The van der Waals surface area contributed by atoms with Crippen molar-refractivity contribution in [3.05, 3.63) is 71.9 Å².